The van der Waals surface area contributed by atoms with Crippen LogP contribution < -0.4 is 5.73 Å². The van der Waals surface area contributed by atoms with E-state index in [1.54, 1.807) is 0 Å². The van der Waals surface area contributed by atoms with Gasteiger partial charge in [0, 0.05) is 17.3 Å². The molecule has 0 unspecified atom stereocenters. The number of nitrogens with two attached hydrogens (primary N) is 1. The lowest BCUT2D eigenvalue weighted by atomic mass is 10.2. The molecule has 0 radical (unpaired) electrons. The summed E-state index contributed by atoms with van der Waals surface area (Å²) in [7, 11) is 0. The van der Waals surface area contributed by atoms with Crippen molar-refractivity contribution >= 4 is 12.0 Å². The number of rotatable bonds is 1. The van der Waals surface area contributed by atoms with Gasteiger partial charge < -0.3 is 10.8 Å². The van der Waals surface area contributed by atoms with Crippen LogP contribution >= 0.6 is 0 Å². The summed E-state index contributed by atoms with van der Waals surface area (Å²) in [5.41, 5.74) is 6.04. The minimum absolute atomic E-state index is 0.0723. The first kappa shape index (κ1) is 6.61. The molecule has 0 aliphatic rings. The van der Waals surface area contributed by atoms with Crippen molar-refractivity contribution in [1.82, 2.24) is 0 Å². The molecule has 0 spiro atoms. The summed E-state index contributed by atoms with van der Waals surface area (Å²) >= 11 is 0. The molecule has 52 valence electrons. The van der Waals surface area contributed by atoms with Gasteiger partial charge in [0.15, 0.2) is 6.29 Å². The first-order chi connectivity index (χ1) is 4.74. The Labute approximate surface area is 58.1 Å². The fourth-order valence-corrected chi connectivity index (χ4v) is 0.669. The number of phenolic OH excluding ortho intramolecular Hbond substituents is 1. The average Bonchev–Trinajstić information content (AvgIpc) is 1.88. The van der Waals surface area contributed by atoms with Crippen molar-refractivity contribution in [2.45, 2.75) is 0 Å². The SMILES string of the molecule is Nc1cc(O)ccc1C=O. The van der Waals surface area contributed by atoms with E-state index in [4.69, 9.17) is 10.8 Å². The zero-order valence-electron chi connectivity index (χ0n) is 5.24. The van der Waals surface area contributed by atoms with Gasteiger partial charge in [-0.05, 0) is 12.1 Å². The molecule has 0 heterocycles. The van der Waals surface area contributed by atoms with Crippen LogP contribution in [0, 0.1) is 0 Å². The number of carbonyl (C=O) groups is 1. The molecule has 0 bridgehead atoms. The number of nitrogen functional groups attached to an aromatic ring is 1. The average molecular weight is 137 g/mol. The number of aromatic hydroxyl groups is 1. The van der Waals surface area contributed by atoms with Crippen LogP contribution in [0.3, 0.4) is 0 Å². The third-order valence-electron chi connectivity index (χ3n) is 1.20. The summed E-state index contributed by atoms with van der Waals surface area (Å²) in [6.07, 6.45) is 0.648. The normalized spacial score (nSPS) is 9.20. The van der Waals surface area contributed by atoms with Crippen molar-refractivity contribution in [1.29, 1.82) is 0 Å². The second kappa shape index (κ2) is 2.39. The molecule has 3 heteroatoms. The van der Waals surface area contributed by atoms with Gasteiger partial charge in [-0.15, -0.1) is 0 Å². The third-order valence-corrected chi connectivity index (χ3v) is 1.20. The molecule has 0 aromatic heterocycles. The molecule has 0 saturated carbocycles. The lowest BCUT2D eigenvalue weighted by molar-refractivity contribution is 0.112. The standard InChI is InChI=1S/C7H7NO2/c8-7-3-6(10)2-1-5(7)4-9/h1-4,10H,8H2. The molecule has 0 amide bonds. The summed E-state index contributed by atoms with van der Waals surface area (Å²) in [5, 5.41) is 8.84. The van der Waals surface area contributed by atoms with Crippen molar-refractivity contribution in [3.8, 4) is 5.75 Å². The molecule has 3 N–H and O–H groups in total. The van der Waals surface area contributed by atoms with E-state index in [1.807, 2.05) is 0 Å². The number of hydrogen-bond acceptors (Lipinski definition) is 3. The topological polar surface area (TPSA) is 63.3 Å². The van der Waals surface area contributed by atoms with Crippen molar-refractivity contribution in [3.63, 3.8) is 0 Å². The number of hydrogen-bond donors (Lipinski definition) is 2. The molecule has 1 aromatic rings. The minimum Gasteiger partial charge on any atom is -0.508 e. The zero-order chi connectivity index (χ0) is 7.56. The molecule has 0 aliphatic heterocycles. The Kier molecular flexibility index (Phi) is 1.58. The van der Waals surface area contributed by atoms with Gasteiger partial charge in [0.1, 0.15) is 5.75 Å². The van der Waals surface area contributed by atoms with Crippen molar-refractivity contribution in [2.24, 2.45) is 0 Å². The summed E-state index contributed by atoms with van der Waals surface area (Å²) in [5.74, 6) is 0.0723. The maximum Gasteiger partial charge on any atom is 0.152 e. The summed E-state index contributed by atoms with van der Waals surface area (Å²) in [6, 6.07) is 4.22. The molecular weight excluding hydrogens is 130 g/mol. The number of anilines is 1. The summed E-state index contributed by atoms with van der Waals surface area (Å²) in [4.78, 5) is 10.2. The van der Waals surface area contributed by atoms with Gasteiger partial charge in [0.2, 0.25) is 0 Å². The summed E-state index contributed by atoms with van der Waals surface area (Å²) < 4.78 is 0. The quantitative estimate of drug-likeness (QED) is 0.444. The van der Waals surface area contributed by atoms with Crippen molar-refractivity contribution < 1.29 is 9.90 Å². The Bertz CT molecular complexity index is 258. The maximum atomic E-state index is 10.2. The fourth-order valence-electron chi connectivity index (χ4n) is 0.669. The van der Waals surface area contributed by atoms with Crippen LogP contribution in [0.25, 0.3) is 0 Å². The highest BCUT2D eigenvalue weighted by Gasteiger charge is 1.96. The Hall–Kier alpha value is -1.51. The second-order valence-electron chi connectivity index (χ2n) is 1.93. The lowest BCUT2D eigenvalue weighted by Gasteiger charge is -1.96. The molecule has 0 aliphatic carbocycles. The van der Waals surface area contributed by atoms with E-state index in [-0.39, 0.29) is 5.75 Å². The molecule has 10 heavy (non-hydrogen) atoms. The van der Waals surface area contributed by atoms with Crippen LogP contribution in [-0.4, -0.2) is 11.4 Å². The highest BCUT2D eigenvalue weighted by atomic mass is 16.3. The highest BCUT2D eigenvalue weighted by Crippen LogP contribution is 2.16. The van der Waals surface area contributed by atoms with E-state index in [9.17, 15) is 4.79 Å². The maximum absolute atomic E-state index is 10.2. The Morgan fingerprint density at radius 1 is 1.50 bits per heavy atom. The number of phenols is 1. The first-order valence-electron chi connectivity index (χ1n) is 2.77. The fraction of sp³-hybridized carbons (Fsp3) is 0. The predicted octanol–water partition coefficient (Wildman–Crippen LogP) is 0.787. The zero-order valence-corrected chi connectivity index (χ0v) is 5.24. The van der Waals surface area contributed by atoms with Crippen LogP contribution in [0.2, 0.25) is 0 Å². The molecule has 1 rings (SSSR count). The first-order valence-corrected chi connectivity index (χ1v) is 2.77. The van der Waals surface area contributed by atoms with Gasteiger partial charge in [0.05, 0.1) is 0 Å². The number of carbonyl (C=O) groups excluding carboxylic acids is 1. The van der Waals surface area contributed by atoms with Crippen LogP contribution in [0.5, 0.6) is 5.75 Å². The number of aldehydes is 1. The molecule has 0 saturated heterocycles. The monoisotopic (exact) mass is 137 g/mol. The van der Waals surface area contributed by atoms with E-state index in [0.717, 1.165) is 0 Å². The van der Waals surface area contributed by atoms with Gasteiger partial charge in [0.25, 0.3) is 0 Å². The largest absolute Gasteiger partial charge is 0.508 e. The van der Waals surface area contributed by atoms with Crippen LogP contribution in [0.4, 0.5) is 5.69 Å². The van der Waals surface area contributed by atoms with E-state index < -0.39 is 0 Å². The third kappa shape index (κ3) is 1.07. The molecular formula is C7H7NO2. The molecule has 0 fully saturated rings. The molecule has 1 aromatic carbocycles. The smallest absolute Gasteiger partial charge is 0.152 e. The Morgan fingerprint density at radius 3 is 2.70 bits per heavy atom. The van der Waals surface area contributed by atoms with Gasteiger partial charge in [-0.3, -0.25) is 4.79 Å². The molecule has 3 nitrogen and oxygen atoms in total. The van der Waals surface area contributed by atoms with E-state index in [0.29, 0.717) is 17.5 Å². The van der Waals surface area contributed by atoms with Crippen LogP contribution in [0.1, 0.15) is 10.4 Å². The molecule has 0 atom stereocenters. The highest BCUT2D eigenvalue weighted by molar-refractivity contribution is 5.83. The van der Waals surface area contributed by atoms with Gasteiger partial charge >= 0.3 is 0 Å². The van der Waals surface area contributed by atoms with Gasteiger partial charge in [-0.1, -0.05) is 0 Å². The van der Waals surface area contributed by atoms with Crippen LogP contribution in [0.15, 0.2) is 18.2 Å². The van der Waals surface area contributed by atoms with E-state index in [1.165, 1.54) is 18.2 Å². The lowest BCUT2D eigenvalue weighted by Crippen LogP contribution is -1.90. The van der Waals surface area contributed by atoms with Gasteiger partial charge in [-0.25, -0.2) is 0 Å². The van der Waals surface area contributed by atoms with E-state index in [2.05, 4.69) is 0 Å². The van der Waals surface area contributed by atoms with Crippen molar-refractivity contribution in [3.05, 3.63) is 23.8 Å². The number of benzene rings is 1. The second-order valence-corrected chi connectivity index (χ2v) is 1.93. The minimum atomic E-state index is 0.0723. The van der Waals surface area contributed by atoms with Crippen LogP contribution in [-0.2, 0) is 0 Å². The Balaban J connectivity index is 3.19. The van der Waals surface area contributed by atoms with Gasteiger partial charge in [-0.2, -0.15) is 0 Å². The summed E-state index contributed by atoms with van der Waals surface area (Å²) in [6.45, 7) is 0. The predicted molar refractivity (Wildman–Crippen MR) is 37.9 cm³/mol. The Morgan fingerprint density at radius 2 is 2.20 bits per heavy atom. The van der Waals surface area contributed by atoms with Crippen molar-refractivity contribution in [2.75, 3.05) is 5.73 Å². The van der Waals surface area contributed by atoms with E-state index >= 15 is 0 Å².